The van der Waals surface area contributed by atoms with Crippen LogP contribution < -0.4 is 14.4 Å². The third-order valence-corrected chi connectivity index (χ3v) is 3.80. The summed E-state index contributed by atoms with van der Waals surface area (Å²) in [5.74, 6) is 1.08. The van der Waals surface area contributed by atoms with Gasteiger partial charge < -0.3 is 14.4 Å². The molecule has 2 aromatic rings. The summed E-state index contributed by atoms with van der Waals surface area (Å²) in [5, 5.41) is 0. The highest BCUT2D eigenvalue weighted by atomic mass is 16.5. The SMILES string of the molecule is COc1ccc(OC)c(C(=O)C(C)=Cc2ccc(N(C)C)cc2)c1. The van der Waals surface area contributed by atoms with Crippen molar-refractivity contribution >= 4 is 17.5 Å². The fourth-order valence-corrected chi connectivity index (χ4v) is 2.39. The Labute approximate surface area is 143 Å². The van der Waals surface area contributed by atoms with Crippen LogP contribution in [-0.4, -0.2) is 34.1 Å². The summed E-state index contributed by atoms with van der Waals surface area (Å²) < 4.78 is 10.5. The van der Waals surface area contributed by atoms with Gasteiger partial charge in [-0.05, 0) is 54.5 Å². The van der Waals surface area contributed by atoms with Crippen molar-refractivity contribution in [1.29, 1.82) is 0 Å². The number of rotatable bonds is 6. The van der Waals surface area contributed by atoms with Gasteiger partial charge in [0, 0.05) is 19.8 Å². The monoisotopic (exact) mass is 325 g/mol. The molecule has 2 aromatic carbocycles. The Morgan fingerprint density at radius 1 is 1.00 bits per heavy atom. The van der Waals surface area contributed by atoms with E-state index in [1.165, 1.54) is 0 Å². The summed E-state index contributed by atoms with van der Waals surface area (Å²) in [5.41, 5.74) is 3.23. The number of Topliss-reactive ketones (excluding diaryl/α,β-unsaturated/α-hetero) is 1. The van der Waals surface area contributed by atoms with Crippen LogP contribution in [0.4, 0.5) is 5.69 Å². The highest BCUT2D eigenvalue weighted by Crippen LogP contribution is 2.27. The van der Waals surface area contributed by atoms with Crippen molar-refractivity contribution in [3.63, 3.8) is 0 Å². The average molecular weight is 325 g/mol. The van der Waals surface area contributed by atoms with Gasteiger partial charge in [0.05, 0.1) is 19.8 Å². The smallest absolute Gasteiger partial charge is 0.192 e. The van der Waals surface area contributed by atoms with Gasteiger partial charge in [-0.25, -0.2) is 0 Å². The normalized spacial score (nSPS) is 11.1. The van der Waals surface area contributed by atoms with E-state index in [-0.39, 0.29) is 5.78 Å². The molecule has 126 valence electrons. The molecule has 0 radical (unpaired) electrons. The Morgan fingerprint density at radius 2 is 1.67 bits per heavy atom. The second-order valence-corrected chi connectivity index (χ2v) is 5.71. The zero-order valence-corrected chi connectivity index (χ0v) is 14.8. The first-order valence-corrected chi connectivity index (χ1v) is 7.68. The number of hydrogen-bond acceptors (Lipinski definition) is 4. The molecule has 0 saturated carbocycles. The van der Waals surface area contributed by atoms with Crippen LogP contribution in [0, 0.1) is 0 Å². The molecule has 0 atom stereocenters. The second kappa shape index (κ2) is 7.68. The number of ether oxygens (including phenoxy) is 2. The van der Waals surface area contributed by atoms with E-state index in [4.69, 9.17) is 9.47 Å². The number of anilines is 1. The van der Waals surface area contributed by atoms with E-state index in [1.54, 1.807) is 39.3 Å². The number of hydrogen-bond donors (Lipinski definition) is 0. The summed E-state index contributed by atoms with van der Waals surface area (Å²) in [6, 6.07) is 13.3. The molecule has 0 spiro atoms. The third kappa shape index (κ3) is 3.96. The number of ketones is 1. The molecular formula is C20H23NO3. The Morgan fingerprint density at radius 3 is 2.21 bits per heavy atom. The third-order valence-electron chi connectivity index (χ3n) is 3.80. The fourth-order valence-electron chi connectivity index (χ4n) is 2.39. The number of allylic oxidation sites excluding steroid dienone is 1. The lowest BCUT2D eigenvalue weighted by Gasteiger charge is -2.12. The van der Waals surface area contributed by atoms with Crippen LogP contribution >= 0.6 is 0 Å². The maximum absolute atomic E-state index is 12.8. The van der Waals surface area contributed by atoms with Crippen LogP contribution in [0.2, 0.25) is 0 Å². The minimum absolute atomic E-state index is 0.0811. The van der Waals surface area contributed by atoms with E-state index >= 15 is 0 Å². The minimum atomic E-state index is -0.0811. The average Bonchev–Trinajstić information content (AvgIpc) is 2.60. The molecule has 0 heterocycles. The molecule has 0 saturated heterocycles. The van der Waals surface area contributed by atoms with Crippen molar-refractivity contribution in [1.82, 2.24) is 0 Å². The molecular weight excluding hydrogens is 302 g/mol. The van der Waals surface area contributed by atoms with Gasteiger partial charge in [-0.1, -0.05) is 12.1 Å². The molecule has 24 heavy (non-hydrogen) atoms. The van der Waals surface area contributed by atoms with Crippen LogP contribution in [0.5, 0.6) is 11.5 Å². The molecule has 0 aliphatic carbocycles. The van der Waals surface area contributed by atoms with E-state index in [0.29, 0.717) is 22.6 Å². The molecule has 2 rings (SSSR count). The maximum Gasteiger partial charge on any atom is 0.192 e. The van der Waals surface area contributed by atoms with E-state index in [9.17, 15) is 4.79 Å². The quantitative estimate of drug-likeness (QED) is 0.593. The largest absolute Gasteiger partial charge is 0.497 e. The van der Waals surface area contributed by atoms with Gasteiger partial charge in [-0.3, -0.25) is 4.79 Å². The molecule has 0 fully saturated rings. The summed E-state index contributed by atoms with van der Waals surface area (Å²) in [6.07, 6.45) is 1.88. The second-order valence-electron chi connectivity index (χ2n) is 5.71. The first-order chi connectivity index (χ1) is 11.5. The summed E-state index contributed by atoms with van der Waals surface area (Å²) >= 11 is 0. The first-order valence-electron chi connectivity index (χ1n) is 7.68. The molecule has 0 amide bonds. The van der Waals surface area contributed by atoms with Gasteiger partial charge in [-0.2, -0.15) is 0 Å². The standard InChI is InChI=1S/C20H23NO3/c1-14(12-15-6-8-16(9-7-15)21(2)3)20(22)18-13-17(23-4)10-11-19(18)24-5/h6-13H,1-5H3. The van der Waals surface area contributed by atoms with Crippen molar-refractivity contribution in [3.8, 4) is 11.5 Å². The van der Waals surface area contributed by atoms with Crippen LogP contribution in [0.1, 0.15) is 22.8 Å². The summed E-state index contributed by atoms with van der Waals surface area (Å²) in [6.45, 7) is 1.81. The lowest BCUT2D eigenvalue weighted by Crippen LogP contribution is -2.08. The van der Waals surface area contributed by atoms with Crippen molar-refractivity contribution in [3.05, 3.63) is 59.2 Å². The number of methoxy groups -OCH3 is 2. The van der Waals surface area contributed by atoms with E-state index in [1.807, 2.05) is 49.3 Å². The molecule has 0 N–H and O–H groups in total. The van der Waals surface area contributed by atoms with Gasteiger partial charge in [0.15, 0.2) is 5.78 Å². The predicted molar refractivity (Wildman–Crippen MR) is 98.3 cm³/mol. The van der Waals surface area contributed by atoms with Crippen LogP contribution in [0.25, 0.3) is 6.08 Å². The Hall–Kier alpha value is -2.75. The van der Waals surface area contributed by atoms with E-state index in [2.05, 4.69) is 0 Å². The van der Waals surface area contributed by atoms with Crippen molar-refractivity contribution in [2.24, 2.45) is 0 Å². The Balaban J connectivity index is 2.31. The number of benzene rings is 2. The molecule has 0 unspecified atom stereocenters. The topological polar surface area (TPSA) is 38.8 Å². The van der Waals surface area contributed by atoms with Gasteiger partial charge in [-0.15, -0.1) is 0 Å². The Bertz CT molecular complexity index is 746. The van der Waals surface area contributed by atoms with Gasteiger partial charge in [0.1, 0.15) is 11.5 Å². The number of carbonyl (C=O) groups excluding carboxylic acids is 1. The maximum atomic E-state index is 12.8. The lowest BCUT2D eigenvalue weighted by atomic mass is 10.0. The van der Waals surface area contributed by atoms with Crippen molar-refractivity contribution < 1.29 is 14.3 Å². The van der Waals surface area contributed by atoms with Gasteiger partial charge >= 0.3 is 0 Å². The zero-order chi connectivity index (χ0) is 17.7. The number of nitrogens with zero attached hydrogens (tertiary/aromatic N) is 1. The summed E-state index contributed by atoms with van der Waals surface area (Å²) in [7, 11) is 7.12. The Kier molecular flexibility index (Phi) is 5.64. The van der Waals surface area contributed by atoms with Crippen molar-refractivity contribution in [2.75, 3.05) is 33.2 Å². The molecule has 4 heteroatoms. The molecule has 0 aliphatic heterocycles. The highest BCUT2D eigenvalue weighted by molar-refractivity contribution is 6.12. The van der Waals surface area contributed by atoms with Crippen LogP contribution in [-0.2, 0) is 0 Å². The molecule has 0 aromatic heterocycles. The van der Waals surface area contributed by atoms with E-state index < -0.39 is 0 Å². The first kappa shape index (κ1) is 17.6. The van der Waals surface area contributed by atoms with Gasteiger partial charge in [0.25, 0.3) is 0 Å². The lowest BCUT2D eigenvalue weighted by molar-refractivity contribution is 0.103. The number of carbonyl (C=O) groups is 1. The minimum Gasteiger partial charge on any atom is -0.497 e. The van der Waals surface area contributed by atoms with Gasteiger partial charge in [0.2, 0.25) is 0 Å². The van der Waals surface area contributed by atoms with Crippen molar-refractivity contribution in [2.45, 2.75) is 6.92 Å². The molecule has 4 nitrogen and oxygen atoms in total. The van der Waals surface area contributed by atoms with E-state index in [0.717, 1.165) is 11.3 Å². The summed E-state index contributed by atoms with van der Waals surface area (Å²) in [4.78, 5) is 14.8. The fraction of sp³-hybridized carbons (Fsp3) is 0.250. The predicted octanol–water partition coefficient (Wildman–Crippen LogP) is 4.06. The zero-order valence-electron chi connectivity index (χ0n) is 14.8. The molecule has 0 bridgehead atoms. The van der Waals surface area contributed by atoms with Crippen LogP contribution in [0.15, 0.2) is 48.0 Å². The van der Waals surface area contributed by atoms with Crippen LogP contribution in [0.3, 0.4) is 0 Å². The highest BCUT2D eigenvalue weighted by Gasteiger charge is 2.15. The molecule has 0 aliphatic rings.